The summed E-state index contributed by atoms with van der Waals surface area (Å²) >= 11 is 5.88. The van der Waals surface area contributed by atoms with Gasteiger partial charge in [0.05, 0.1) is 11.4 Å². The van der Waals surface area contributed by atoms with Crippen molar-refractivity contribution in [1.29, 1.82) is 0 Å². The Morgan fingerprint density at radius 3 is 2.74 bits per heavy atom. The molecule has 0 N–H and O–H groups in total. The van der Waals surface area contributed by atoms with Crippen LogP contribution >= 0.6 is 11.6 Å². The van der Waals surface area contributed by atoms with Crippen LogP contribution in [0.3, 0.4) is 0 Å². The molecule has 0 bridgehead atoms. The predicted octanol–water partition coefficient (Wildman–Crippen LogP) is 3.40. The molecule has 0 unspecified atom stereocenters. The van der Waals surface area contributed by atoms with E-state index < -0.39 is 11.6 Å². The highest BCUT2D eigenvalue weighted by molar-refractivity contribution is 6.16. The van der Waals surface area contributed by atoms with E-state index in [1.165, 1.54) is 6.07 Å². The number of ether oxygens (including phenoxy) is 1. The number of aromatic nitrogens is 2. The highest BCUT2D eigenvalue weighted by atomic mass is 35.5. The standard InChI is InChI=1S/C13H13ClF2N2O/c14-7-12-17-13-10(16)5-8(15)6-11(13)18(12)9-1-3-19-4-2-9/h5-6,9H,1-4,7H2. The molecule has 0 amide bonds. The lowest BCUT2D eigenvalue weighted by molar-refractivity contribution is 0.0700. The van der Waals surface area contributed by atoms with Crippen molar-refractivity contribution in [2.24, 2.45) is 0 Å². The van der Waals surface area contributed by atoms with Crippen molar-refractivity contribution in [1.82, 2.24) is 9.55 Å². The predicted molar refractivity (Wildman–Crippen MR) is 68.3 cm³/mol. The summed E-state index contributed by atoms with van der Waals surface area (Å²) in [4.78, 5) is 4.20. The normalized spacial score (nSPS) is 17.2. The molecule has 6 heteroatoms. The molecule has 1 aliphatic heterocycles. The van der Waals surface area contributed by atoms with Crippen molar-refractivity contribution in [2.75, 3.05) is 13.2 Å². The van der Waals surface area contributed by atoms with E-state index in [0.29, 0.717) is 24.6 Å². The lowest BCUT2D eigenvalue weighted by atomic mass is 10.1. The molecule has 3 nitrogen and oxygen atoms in total. The highest BCUT2D eigenvalue weighted by Gasteiger charge is 2.23. The third-order valence-corrected chi connectivity index (χ3v) is 3.70. The van der Waals surface area contributed by atoms with Gasteiger partial charge in [-0.2, -0.15) is 0 Å². The van der Waals surface area contributed by atoms with Crippen LogP contribution in [0.1, 0.15) is 24.7 Å². The Balaban J connectivity index is 2.19. The molecule has 0 radical (unpaired) electrons. The van der Waals surface area contributed by atoms with Crippen LogP contribution in [0, 0.1) is 11.6 Å². The molecule has 1 saturated heterocycles. The van der Waals surface area contributed by atoms with Gasteiger partial charge in [-0.3, -0.25) is 0 Å². The monoisotopic (exact) mass is 286 g/mol. The first-order chi connectivity index (χ1) is 9.20. The summed E-state index contributed by atoms with van der Waals surface area (Å²) in [5.74, 6) is -0.493. The van der Waals surface area contributed by atoms with E-state index in [0.717, 1.165) is 18.9 Å². The number of hydrogen-bond acceptors (Lipinski definition) is 2. The SMILES string of the molecule is Fc1cc(F)c2nc(CCl)n(C3CCOCC3)c2c1. The Morgan fingerprint density at radius 2 is 2.05 bits per heavy atom. The van der Waals surface area contributed by atoms with Gasteiger partial charge in [-0.1, -0.05) is 0 Å². The second-order valence-corrected chi connectivity index (χ2v) is 4.90. The van der Waals surface area contributed by atoms with E-state index >= 15 is 0 Å². The summed E-state index contributed by atoms with van der Waals surface area (Å²) in [5, 5.41) is 0. The minimum Gasteiger partial charge on any atom is -0.381 e. The van der Waals surface area contributed by atoms with Crippen molar-refractivity contribution in [2.45, 2.75) is 24.8 Å². The number of hydrogen-bond donors (Lipinski definition) is 0. The fourth-order valence-electron chi connectivity index (χ4n) is 2.61. The molecular weight excluding hydrogens is 274 g/mol. The van der Waals surface area contributed by atoms with E-state index in [-0.39, 0.29) is 17.4 Å². The lowest BCUT2D eigenvalue weighted by Gasteiger charge is -2.25. The lowest BCUT2D eigenvalue weighted by Crippen LogP contribution is -2.21. The first kappa shape index (κ1) is 12.8. The molecule has 1 aliphatic rings. The fourth-order valence-corrected chi connectivity index (χ4v) is 2.80. The van der Waals surface area contributed by atoms with Gasteiger partial charge in [-0.05, 0) is 18.9 Å². The van der Waals surface area contributed by atoms with Crippen molar-refractivity contribution in [3.8, 4) is 0 Å². The van der Waals surface area contributed by atoms with Crippen LogP contribution < -0.4 is 0 Å². The third-order valence-electron chi connectivity index (χ3n) is 3.46. The first-order valence-electron chi connectivity index (χ1n) is 6.20. The van der Waals surface area contributed by atoms with E-state index in [9.17, 15) is 8.78 Å². The molecule has 0 saturated carbocycles. The summed E-state index contributed by atoms with van der Waals surface area (Å²) in [5.41, 5.74) is 0.656. The summed E-state index contributed by atoms with van der Waals surface area (Å²) in [7, 11) is 0. The van der Waals surface area contributed by atoms with E-state index in [1.54, 1.807) is 0 Å². The zero-order valence-electron chi connectivity index (χ0n) is 10.2. The molecule has 19 heavy (non-hydrogen) atoms. The zero-order valence-corrected chi connectivity index (χ0v) is 11.0. The van der Waals surface area contributed by atoms with Crippen LogP contribution in [0.2, 0.25) is 0 Å². The quantitative estimate of drug-likeness (QED) is 0.791. The van der Waals surface area contributed by atoms with Crippen molar-refractivity contribution in [3.05, 3.63) is 29.6 Å². The van der Waals surface area contributed by atoms with Crippen LogP contribution in [0.25, 0.3) is 11.0 Å². The highest BCUT2D eigenvalue weighted by Crippen LogP contribution is 2.30. The Bertz CT molecular complexity index is 608. The molecule has 2 heterocycles. The van der Waals surface area contributed by atoms with Gasteiger partial charge in [-0.25, -0.2) is 13.8 Å². The van der Waals surface area contributed by atoms with Crippen LogP contribution in [-0.4, -0.2) is 22.8 Å². The van der Waals surface area contributed by atoms with Crippen molar-refractivity contribution in [3.63, 3.8) is 0 Å². The van der Waals surface area contributed by atoms with Crippen LogP contribution in [0.15, 0.2) is 12.1 Å². The van der Waals surface area contributed by atoms with Gasteiger partial charge in [0.1, 0.15) is 17.2 Å². The average molecular weight is 287 g/mol. The number of rotatable bonds is 2. The Kier molecular flexibility index (Phi) is 3.41. The average Bonchev–Trinajstić information content (AvgIpc) is 2.78. The number of imidazole rings is 1. The van der Waals surface area contributed by atoms with Crippen molar-refractivity contribution < 1.29 is 13.5 Å². The molecule has 2 aromatic rings. The van der Waals surface area contributed by atoms with E-state index in [4.69, 9.17) is 16.3 Å². The van der Waals surface area contributed by atoms with Crippen LogP contribution in [-0.2, 0) is 10.6 Å². The molecule has 3 rings (SSSR count). The maximum atomic E-state index is 13.8. The summed E-state index contributed by atoms with van der Waals surface area (Å²) in [6, 6.07) is 2.30. The third kappa shape index (κ3) is 2.21. The molecule has 0 spiro atoms. The minimum absolute atomic E-state index is 0.133. The molecule has 1 aromatic heterocycles. The smallest absolute Gasteiger partial charge is 0.153 e. The molecule has 0 aliphatic carbocycles. The topological polar surface area (TPSA) is 27.1 Å². The van der Waals surface area contributed by atoms with E-state index in [1.807, 2.05) is 4.57 Å². The minimum atomic E-state index is -0.646. The second-order valence-electron chi connectivity index (χ2n) is 4.63. The molecule has 102 valence electrons. The van der Waals surface area contributed by atoms with Gasteiger partial charge in [0, 0.05) is 25.3 Å². The molecule has 1 aromatic carbocycles. The summed E-state index contributed by atoms with van der Waals surface area (Å²) in [6.07, 6.45) is 1.60. The second kappa shape index (κ2) is 5.06. The number of nitrogens with zero attached hydrogens (tertiary/aromatic N) is 2. The van der Waals surface area contributed by atoms with Crippen molar-refractivity contribution >= 4 is 22.6 Å². The zero-order chi connectivity index (χ0) is 13.4. The van der Waals surface area contributed by atoms with Crippen LogP contribution in [0.4, 0.5) is 8.78 Å². The Hall–Kier alpha value is -1.20. The Morgan fingerprint density at radius 1 is 1.32 bits per heavy atom. The number of halogens is 3. The molecule has 0 atom stereocenters. The number of alkyl halides is 1. The van der Waals surface area contributed by atoms with Gasteiger partial charge in [0.2, 0.25) is 0 Å². The maximum Gasteiger partial charge on any atom is 0.153 e. The number of benzene rings is 1. The summed E-state index contributed by atoms with van der Waals surface area (Å²) in [6.45, 7) is 1.29. The molecular formula is C13H13ClF2N2O. The van der Waals surface area contributed by atoms with Gasteiger partial charge < -0.3 is 9.30 Å². The fraction of sp³-hybridized carbons (Fsp3) is 0.462. The van der Waals surface area contributed by atoms with Gasteiger partial charge in [0.25, 0.3) is 0 Å². The summed E-state index contributed by atoms with van der Waals surface area (Å²) < 4.78 is 34.4. The van der Waals surface area contributed by atoms with Crippen LogP contribution in [0.5, 0.6) is 0 Å². The van der Waals surface area contributed by atoms with E-state index in [2.05, 4.69) is 4.98 Å². The maximum absolute atomic E-state index is 13.8. The first-order valence-corrected chi connectivity index (χ1v) is 6.73. The van der Waals surface area contributed by atoms with Gasteiger partial charge >= 0.3 is 0 Å². The molecule has 1 fully saturated rings. The van der Waals surface area contributed by atoms with Gasteiger partial charge in [0.15, 0.2) is 5.82 Å². The number of fused-ring (bicyclic) bond motifs is 1. The largest absolute Gasteiger partial charge is 0.381 e. The Labute approximate surface area is 114 Å². The van der Waals surface area contributed by atoms with Gasteiger partial charge in [-0.15, -0.1) is 11.6 Å².